The third-order valence-electron chi connectivity index (χ3n) is 4.37. The van der Waals surface area contributed by atoms with Crippen LogP contribution in [0.5, 0.6) is 0 Å². The molecule has 0 aromatic heterocycles. The molecule has 0 saturated carbocycles. The SMILES string of the molecule is C=CCN(CC=C)C(=O)CN1CCN(C2CCNC2)CC1.Cl. The molecule has 0 spiro atoms. The van der Waals surface area contributed by atoms with Gasteiger partial charge in [0, 0.05) is 51.9 Å². The van der Waals surface area contributed by atoms with Crippen LogP contribution in [0.15, 0.2) is 25.3 Å². The molecule has 6 heteroatoms. The van der Waals surface area contributed by atoms with Crippen LogP contribution in [0.4, 0.5) is 0 Å². The van der Waals surface area contributed by atoms with Crippen molar-refractivity contribution in [2.24, 2.45) is 0 Å². The molecule has 1 unspecified atom stereocenters. The van der Waals surface area contributed by atoms with Crippen LogP contribution < -0.4 is 5.32 Å². The summed E-state index contributed by atoms with van der Waals surface area (Å²) in [6, 6.07) is 0.695. The Labute approximate surface area is 140 Å². The number of carbonyl (C=O) groups is 1. The van der Waals surface area contributed by atoms with Gasteiger partial charge in [-0.2, -0.15) is 0 Å². The summed E-state index contributed by atoms with van der Waals surface area (Å²) in [5.41, 5.74) is 0. The normalized spacial score (nSPS) is 22.8. The molecule has 0 aromatic rings. The average Bonchev–Trinajstić information content (AvgIpc) is 3.02. The second-order valence-corrected chi connectivity index (χ2v) is 5.83. The molecule has 0 aliphatic carbocycles. The zero-order valence-corrected chi connectivity index (χ0v) is 14.2. The van der Waals surface area contributed by atoms with Crippen molar-refractivity contribution in [1.29, 1.82) is 0 Å². The number of nitrogens with zero attached hydrogens (tertiary/aromatic N) is 3. The van der Waals surface area contributed by atoms with Crippen molar-refractivity contribution in [3.63, 3.8) is 0 Å². The quantitative estimate of drug-likeness (QED) is 0.694. The van der Waals surface area contributed by atoms with Gasteiger partial charge in [0.2, 0.25) is 5.91 Å². The summed E-state index contributed by atoms with van der Waals surface area (Å²) < 4.78 is 0. The van der Waals surface area contributed by atoms with E-state index < -0.39 is 0 Å². The van der Waals surface area contributed by atoms with Crippen LogP contribution in [0.2, 0.25) is 0 Å². The molecule has 2 heterocycles. The lowest BCUT2D eigenvalue weighted by Crippen LogP contribution is -2.53. The minimum atomic E-state index is 0. The molecule has 1 atom stereocenters. The fraction of sp³-hybridized carbons (Fsp3) is 0.688. The molecule has 2 aliphatic rings. The Hall–Kier alpha value is -0.880. The second-order valence-electron chi connectivity index (χ2n) is 5.83. The molecule has 1 N–H and O–H groups in total. The number of carbonyl (C=O) groups excluding carboxylic acids is 1. The topological polar surface area (TPSA) is 38.8 Å². The standard InChI is InChI=1S/C16H28N4O.ClH/c1-3-7-20(8-4-2)16(21)14-18-9-11-19(12-10-18)15-5-6-17-13-15;/h3-4,15,17H,1-2,5-14H2;1H. The first-order chi connectivity index (χ1) is 10.2. The van der Waals surface area contributed by atoms with Crippen molar-refractivity contribution >= 4 is 18.3 Å². The number of hydrogen-bond donors (Lipinski definition) is 1. The Kier molecular flexibility index (Phi) is 8.71. The Morgan fingerprint density at radius 3 is 2.32 bits per heavy atom. The van der Waals surface area contributed by atoms with Crippen LogP contribution in [-0.4, -0.2) is 85.6 Å². The Balaban J connectivity index is 0.00000242. The van der Waals surface area contributed by atoms with Gasteiger partial charge < -0.3 is 10.2 Å². The maximum absolute atomic E-state index is 12.3. The molecule has 2 saturated heterocycles. The molecule has 1 amide bonds. The summed E-state index contributed by atoms with van der Waals surface area (Å²) in [7, 11) is 0. The molecule has 126 valence electrons. The lowest BCUT2D eigenvalue weighted by Gasteiger charge is -2.38. The minimum Gasteiger partial charge on any atom is -0.334 e. The highest BCUT2D eigenvalue weighted by Crippen LogP contribution is 2.12. The molecule has 0 bridgehead atoms. The fourth-order valence-corrected chi connectivity index (χ4v) is 3.12. The van der Waals surface area contributed by atoms with Crippen molar-refractivity contribution in [3.8, 4) is 0 Å². The van der Waals surface area contributed by atoms with Crippen molar-refractivity contribution in [3.05, 3.63) is 25.3 Å². The maximum atomic E-state index is 12.3. The van der Waals surface area contributed by atoms with Gasteiger partial charge in [0.15, 0.2) is 0 Å². The van der Waals surface area contributed by atoms with E-state index in [1.807, 2.05) is 0 Å². The van der Waals surface area contributed by atoms with Crippen LogP contribution in [0.1, 0.15) is 6.42 Å². The van der Waals surface area contributed by atoms with Crippen LogP contribution >= 0.6 is 12.4 Å². The van der Waals surface area contributed by atoms with Gasteiger partial charge in [0.1, 0.15) is 0 Å². The van der Waals surface area contributed by atoms with E-state index in [-0.39, 0.29) is 18.3 Å². The van der Waals surface area contributed by atoms with Gasteiger partial charge in [-0.15, -0.1) is 25.6 Å². The smallest absolute Gasteiger partial charge is 0.237 e. The average molecular weight is 329 g/mol. The van der Waals surface area contributed by atoms with Crippen LogP contribution in [0.25, 0.3) is 0 Å². The van der Waals surface area contributed by atoms with E-state index in [2.05, 4.69) is 28.3 Å². The van der Waals surface area contributed by atoms with E-state index in [1.54, 1.807) is 17.1 Å². The first-order valence-corrected chi connectivity index (χ1v) is 7.91. The molecule has 0 aromatic carbocycles. The summed E-state index contributed by atoms with van der Waals surface area (Å²) in [5.74, 6) is 0.172. The molecule has 2 fully saturated rings. The van der Waals surface area contributed by atoms with E-state index >= 15 is 0 Å². The zero-order chi connectivity index (χ0) is 15.1. The van der Waals surface area contributed by atoms with Crippen molar-refractivity contribution < 1.29 is 4.79 Å². The summed E-state index contributed by atoms with van der Waals surface area (Å²) in [6.45, 7) is 15.5. The number of amides is 1. The first-order valence-electron chi connectivity index (χ1n) is 7.91. The number of nitrogens with one attached hydrogen (secondary N) is 1. The summed E-state index contributed by atoms with van der Waals surface area (Å²) >= 11 is 0. The third-order valence-corrected chi connectivity index (χ3v) is 4.37. The Morgan fingerprint density at radius 1 is 1.18 bits per heavy atom. The zero-order valence-electron chi connectivity index (χ0n) is 13.4. The highest BCUT2D eigenvalue weighted by molar-refractivity contribution is 5.85. The highest BCUT2D eigenvalue weighted by atomic mass is 35.5. The monoisotopic (exact) mass is 328 g/mol. The van der Waals surface area contributed by atoms with Gasteiger partial charge in [0.05, 0.1) is 6.54 Å². The second kappa shape index (κ2) is 10.0. The third kappa shape index (κ3) is 5.39. The fourth-order valence-electron chi connectivity index (χ4n) is 3.12. The van der Waals surface area contributed by atoms with E-state index in [4.69, 9.17) is 0 Å². The van der Waals surface area contributed by atoms with Gasteiger partial charge in [-0.05, 0) is 13.0 Å². The molecule has 2 rings (SSSR count). The molecule has 22 heavy (non-hydrogen) atoms. The van der Waals surface area contributed by atoms with Crippen molar-refractivity contribution in [2.75, 3.05) is 58.9 Å². The Bertz CT molecular complexity index is 353. The van der Waals surface area contributed by atoms with E-state index in [0.717, 1.165) is 39.3 Å². The number of hydrogen-bond acceptors (Lipinski definition) is 4. The lowest BCUT2D eigenvalue weighted by atomic mass is 10.2. The van der Waals surface area contributed by atoms with Crippen molar-refractivity contribution in [2.45, 2.75) is 12.5 Å². The lowest BCUT2D eigenvalue weighted by molar-refractivity contribution is -0.131. The largest absolute Gasteiger partial charge is 0.334 e. The molecular weight excluding hydrogens is 300 g/mol. The molecule has 2 aliphatic heterocycles. The number of rotatable bonds is 7. The van der Waals surface area contributed by atoms with Gasteiger partial charge >= 0.3 is 0 Å². The number of piperazine rings is 1. The highest BCUT2D eigenvalue weighted by Gasteiger charge is 2.27. The maximum Gasteiger partial charge on any atom is 0.237 e. The summed E-state index contributed by atoms with van der Waals surface area (Å²) in [5, 5.41) is 3.42. The predicted octanol–water partition coefficient (Wildman–Crippen LogP) is 0.588. The molecule has 5 nitrogen and oxygen atoms in total. The summed E-state index contributed by atoms with van der Waals surface area (Å²) in [6.07, 6.45) is 4.80. The van der Waals surface area contributed by atoms with E-state index in [1.165, 1.54) is 6.42 Å². The van der Waals surface area contributed by atoms with Gasteiger partial charge in [0.25, 0.3) is 0 Å². The summed E-state index contributed by atoms with van der Waals surface area (Å²) in [4.78, 5) is 18.9. The first kappa shape index (κ1) is 19.2. The van der Waals surface area contributed by atoms with Crippen LogP contribution in [0, 0.1) is 0 Å². The Morgan fingerprint density at radius 2 is 1.82 bits per heavy atom. The van der Waals surface area contributed by atoms with Gasteiger partial charge in [-0.3, -0.25) is 14.6 Å². The minimum absolute atomic E-state index is 0. The van der Waals surface area contributed by atoms with Crippen LogP contribution in [0.3, 0.4) is 0 Å². The van der Waals surface area contributed by atoms with Crippen LogP contribution in [-0.2, 0) is 4.79 Å². The predicted molar refractivity (Wildman–Crippen MR) is 93.5 cm³/mol. The van der Waals surface area contributed by atoms with Crippen molar-refractivity contribution in [1.82, 2.24) is 20.0 Å². The van der Waals surface area contributed by atoms with Gasteiger partial charge in [-0.25, -0.2) is 0 Å². The van der Waals surface area contributed by atoms with E-state index in [9.17, 15) is 4.79 Å². The molecule has 0 radical (unpaired) electrons. The van der Waals surface area contributed by atoms with Gasteiger partial charge in [-0.1, -0.05) is 12.2 Å². The molecular formula is C16H29ClN4O. The van der Waals surface area contributed by atoms with E-state index in [0.29, 0.717) is 25.7 Å². The number of halogens is 1.